The second-order valence-electron chi connectivity index (χ2n) is 3.78. The smallest absolute Gasteiger partial charge is 0.437 e. The fourth-order valence-electron chi connectivity index (χ4n) is 1.38. The fourth-order valence-corrected chi connectivity index (χ4v) is 1.61. The molecule has 1 aromatic carbocycles. The number of ether oxygens (including phenoxy) is 1. The van der Waals surface area contributed by atoms with Crippen LogP contribution in [0.2, 0.25) is 5.02 Å². The number of ketones is 1. The molecule has 0 aliphatic rings. The van der Waals surface area contributed by atoms with Crippen molar-refractivity contribution in [1.82, 2.24) is 0 Å². The number of hydrogen-bond acceptors (Lipinski definition) is 4. The number of aliphatic imine (C=N–C) groups is 1. The first kappa shape index (κ1) is 16.7. The van der Waals surface area contributed by atoms with E-state index >= 15 is 0 Å². The molecule has 1 aromatic rings. The molecule has 0 fully saturated rings. The Morgan fingerprint density at radius 3 is 2.48 bits per heavy atom. The van der Waals surface area contributed by atoms with Crippen LogP contribution in [-0.2, 0) is 4.79 Å². The highest BCUT2D eigenvalue weighted by Crippen LogP contribution is 2.31. The molecule has 0 heterocycles. The van der Waals surface area contributed by atoms with Gasteiger partial charge in [-0.15, -0.1) is 0 Å². The van der Waals surface area contributed by atoms with Crippen molar-refractivity contribution in [3.8, 4) is 11.8 Å². The minimum Gasteiger partial charge on any atom is -0.451 e. The number of nitrogens with zero attached hydrogens (tertiary/aromatic N) is 2. The van der Waals surface area contributed by atoms with Gasteiger partial charge in [-0.2, -0.15) is 18.4 Å². The van der Waals surface area contributed by atoms with Crippen molar-refractivity contribution in [3.05, 3.63) is 40.2 Å². The Labute approximate surface area is 123 Å². The number of alkyl halides is 3. The quantitative estimate of drug-likeness (QED) is 0.484. The molecule has 1 rings (SSSR count). The van der Waals surface area contributed by atoms with Crippen LogP contribution < -0.4 is 4.74 Å². The number of nitriles is 1. The molecule has 0 radical (unpaired) electrons. The Kier molecular flexibility index (Phi) is 5.11. The molecule has 0 aliphatic carbocycles. The van der Waals surface area contributed by atoms with Gasteiger partial charge < -0.3 is 4.74 Å². The van der Waals surface area contributed by atoms with E-state index in [1.165, 1.54) is 12.1 Å². The summed E-state index contributed by atoms with van der Waals surface area (Å²) in [5.74, 6) is -2.20. The highest BCUT2D eigenvalue weighted by atomic mass is 35.5. The molecule has 0 N–H and O–H groups in total. The van der Waals surface area contributed by atoms with Crippen molar-refractivity contribution < 1.29 is 22.7 Å². The molecule has 0 atom stereocenters. The van der Waals surface area contributed by atoms with Gasteiger partial charge in [-0.1, -0.05) is 11.6 Å². The molecular weight excluding hydrogens is 309 g/mol. The third kappa shape index (κ3) is 4.33. The van der Waals surface area contributed by atoms with Crippen molar-refractivity contribution in [1.29, 1.82) is 5.26 Å². The zero-order valence-electron chi connectivity index (χ0n) is 10.7. The van der Waals surface area contributed by atoms with E-state index in [1.807, 2.05) is 0 Å². The third-order valence-corrected chi connectivity index (χ3v) is 2.40. The maximum absolute atomic E-state index is 12.8. The summed E-state index contributed by atoms with van der Waals surface area (Å²) >= 11 is 5.71. The molecule has 0 aromatic heterocycles. The van der Waals surface area contributed by atoms with E-state index in [1.54, 1.807) is 6.07 Å². The lowest BCUT2D eigenvalue weighted by Crippen LogP contribution is -2.19. The predicted octanol–water partition coefficient (Wildman–Crippen LogP) is 3.65. The van der Waals surface area contributed by atoms with Gasteiger partial charge in [0.25, 0.3) is 0 Å². The van der Waals surface area contributed by atoms with Gasteiger partial charge in [-0.25, -0.2) is 0 Å². The number of benzene rings is 1. The van der Waals surface area contributed by atoms with Crippen LogP contribution in [0.5, 0.6) is 5.75 Å². The average Bonchev–Trinajstić information content (AvgIpc) is 2.35. The van der Waals surface area contributed by atoms with Gasteiger partial charge in [0.15, 0.2) is 11.5 Å². The van der Waals surface area contributed by atoms with Crippen LogP contribution in [0.4, 0.5) is 13.2 Å². The zero-order valence-corrected chi connectivity index (χ0v) is 11.4. The Morgan fingerprint density at radius 2 is 2.05 bits per heavy atom. The van der Waals surface area contributed by atoms with Crippen molar-refractivity contribution >= 4 is 24.1 Å². The van der Waals surface area contributed by atoms with Crippen LogP contribution in [0.3, 0.4) is 0 Å². The fraction of sp³-hybridized carbons (Fsp3) is 0.154. The number of rotatable bonds is 4. The number of hydrogen-bond donors (Lipinski definition) is 0. The van der Waals surface area contributed by atoms with Crippen molar-refractivity contribution in [2.24, 2.45) is 4.99 Å². The number of allylic oxidation sites excluding steroid dienone is 2. The molecule has 0 aliphatic heterocycles. The highest BCUT2D eigenvalue weighted by Gasteiger charge is 2.38. The minimum atomic E-state index is -4.90. The summed E-state index contributed by atoms with van der Waals surface area (Å²) in [6.07, 6.45) is -4.90. The Balaban J connectivity index is 3.37. The van der Waals surface area contributed by atoms with E-state index in [2.05, 4.69) is 11.7 Å². The second kappa shape index (κ2) is 6.41. The van der Waals surface area contributed by atoms with E-state index in [0.717, 1.165) is 13.0 Å². The lowest BCUT2D eigenvalue weighted by atomic mass is 10.2. The van der Waals surface area contributed by atoms with Gasteiger partial charge in [0, 0.05) is 11.9 Å². The van der Waals surface area contributed by atoms with Gasteiger partial charge in [0.05, 0.1) is 11.6 Å². The summed E-state index contributed by atoms with van der Waals surface area (Å²) < 4.78 is 43.2. The SMILES string of the molecule is C=NC(=C(Oc1cc(Cl)cc(C#N)c1)C(C)=O)C(F)(F)F. The van der Waals surface area contributed by atoms with Crippen LogP contribution in [0.25, 0.3) is 0 Å². The summed E-state index contributed by atoms with van der Waals surface area (Å²) in [5.41, 5.74) is -1.48. The van der Waals surface area contributed by atoms with Crippen LogP contribution in [0, 0.1) is 11.3 Å². The van der Waals surface area contributed by atoms with E-state index in [4.69, 9.17) is 21.6 Å². The van der Waals surface area contributed by atoms with E-state index < -0.39 is 23.4 Å². The highest BCUT2D eigenvalue weighted by molar-refractivity contribution is 6.30. The Hall–Kier alpha value is -2.33. The van der Waals surface area contributed by atoms with Crippen molar-refractivity contribution in [2.75, 3.05) is 0 Å². The molecule has 0 spiro atoms. The largest absolute Gasteiger partial charge is 0.451 e. The Morgan fingerprint density at radius 1 is 1.43 bits per heavy atom. The number of carbonyl (C=O) groups excluding carboxylic acids is 1. The first-order valence-electron chi connectivity index (χ1n) is 5.36. The lowest BCUT2D eigenvalue weighted by Gasteiger charge is -2.13. The average molecular weight is 317 g/mol. The van der Waals surface area contributed by atoms with Crippen LogP contribution in [-0.4, -0.2) is 18.7 Å². The monoisotopic (exact) mass is 316 g/mol. The van der Waals surface area contributed by atoms with Gasteiger partial charge in [-0.3, -0.25) is 9.79 Å². The van der Waals surface area contributed by atoms with Crippen LogP contribution in [0.15, 0.2) is 34.6 Å². The molecule has 4 nitrogen and oxygen atoms in total. The molecule has 0 amide bonds. The molecule has 110 valence electrons. The summed E-state index contributed by atoms with van der Waals surface area (Å²) in [4.78, 5) is 14.2. The van der Waals surface area contributed by atoms with E-state index in [-0.39, 0.29) is 16.3 Å². The van der Waals surface area contributed by atoms with Gasteiger partial charge >= 0.3 is 6.18 Å². The number of Topliss-reactive ketones (excluding diaryl/α,β-unsaturated/α-hetero) is 1. The maximum Gasteiger partial charge on any atom is 0.437 e. The first-order valence-corrected chi connectivity index (χ1v) is 5.74. The number of halogens is 4. The normalized spacial score (nSPS) is 12.2. The van der Waals surface area contributed by atoms with E-state index in [9.17, 15) is 18.0 Å². The zero-order chi connectivity index (χ0) is 16.2. The topological polar surface area (TPSA) is 62.4 Å². The standard InChI is InChI=1S/C13H8ClF3N2O2/c1-7(20)11(12(19-2)13(15,16)17)21-10-4-8(6-18)3-9(14)5-10/h3-5H,2H2,1H3. The second-order valence-corrected chi connectivity index (χ2v) is 4.22. The molecule has 0 saturated carbocycles. The maximum atomic E-state index is 12.8. The summed E-state index contributed by atoms with van der Waals surface area (Å²) in [7, 11) is 0. The van der Waals surface area contributed by atoms with Crippen LogP contribution >= 0.6 is 11.6 Å². The third-order valence-electron chi connectivity index (χ3n) is 2.18. The molecular formula is C13H8ClF3N2O2. The first-order chi connectivity index (χ1) is 9.68. The van der Waals surface area contributed by atoms with Gasteiger partial charge in [0.2, 0.25) is 5.76 Å². The van der Waals surface area contributed by atoms with E-state index in [0.29, 0.717) is 0 Å². The number of carbonyl (C=O) groups is 1. The summed E-state index contributed by atoms with van der Waals surface area (Å²) in [5, 5.41) is 8.84. The molecule has 0 saturated heterocycles. The van der Waals surface area contributed by atoms with Crippen LogP contribution in [0.1, 0.15) is 12.5 Å². The summed E-state index contributed by atoms with van der Waals surface area (Å²) in [6.45, 7) is 3.68. The van der Waals surface area contributed by atoms with Gasteiger partial charge in [-0.05, 0) is 24.9 Å². The Bertz CT molecular complexity index is 660. The molecule has 0 bridgehead atoms. The van der Waals surface area contributed by atoms with Crippen molar-refractivity contribution in [2.45, 2.75) is 13.1 Å². The summed E-state index contributed by atoms with van der Waals surface area (Å²) in [6, 6.07) is 5.37. The predicted molar refractivity (Wildman–Crippen MR) is 70.1 cm³/mol. The van der Waals surface area contributed by atoms with Gasteiger partial charge in [0.1, 0.15) is 5.75 Å². The lowest BCUT2D eigenvalue weighted by molar-refractivity contribution is -0.118. The molecule has 21 heavy (non-hydrogen) atoms. The molecule has 8 heteroatoms. The molecule has 0 unspecified atom stereocenters. The van der Waals surface area contributed by atoms with Crippen molar-refractivity contribution in [3.63, 3.8) is 0 Å². The minimum absolute atomic E-state index is 0.0699.